The highest BCUT2D eigenvalue weighted by Gasteiger charge is 1.97. The van der Waals surface area contributed by atoms with Gasteiger partial charge in [-0.3, -0.25) is 0 Å². The minimum Gasteiger partial charge on any atom is -0.433 e. The SMILES string of the molecule is Cc1cccc([SiH2]O)c1C. The monoisotopic (exact) mass is 152 g/mol. The van der Waals surface area contributed by atoms with Crippen molar-refractivity contribution in [3.05, 3.63) is 29.3 Å². The fraction of sp³-hybridized carbons (Fsp3) is 0.250. The third kappa shape index (κ3) is 1.28. The van der Waals surface area contributed by atoms with E-state index in [9.17, 15) is 0 Å². The maximum atomic E-state index is 8.98. The summed E-state index contributed by atoms with van der Waals surface area (Å²) in [6.07, 6.45) is 0. The van der Waals surface area contributed by atoms with Gasteiger partial charge in [0.1, 0.15) is 0 Å². The third-order valence-electron chi connectivity index (χ3n) is 1.89. The Morgan fingerprint density at radius 1 is 1.30 bits per heavy atom. The zero-order valence-electron chi connectivity index (χ0n) is 6.39. The minimum atomic E-state index is -0.959. The van der Waals surface area contributed by atoms with Crippen molar-refractivity contribution < 1.29 is 4.80 Å². The van der Waals surface area contributed by atoms with Gasteiger partial charge in [0, 0.05) is 0 Å². The second-order valence-electron chi connectivity index (χ2n) is 2.52. The highest BCUT2D eigenvalue weighted by molar-refractivity contribution is 6.46. The summed E-state index contributed by atoms with van der Waals surface area (Å²) >= 11 is 0. The van der Waals surface area contributed by atoms with Gasteiger partial charge in [-0.05, 0) is 30.2 Å². The number of hydrogen-bond donors (Lipinski definition) is 1. The highest BCUT2D eigenvalue weighted by Crippen LogP contribution is 2.00. The Morgan fingerprint density at radius 3 is 2.50 bits per heavy atom. The van der Waals surface area contributed by atoms with E-state index in [1.165, 1.54) is 16.3 Å². The molecule has 0 bridgehead atoms. The fourth-order valence-electron chi connectivity index (χ4n) is 0.983. The molecule has 54 valence electrons. The molecule has 10 heavy (non-hydrogen) atoms. The molecule has 0 aliphatic heterocycles. The van der Waals surface area contributed by atoms with Crippen molar-refractivity contribution in [3.63, 3.8) is 0 Å². The molecular weight excluding hydrogens is 140 g/mol. The largest absolute Gasteiger partial charge is 0.433 e. The first-order valence-electron chi connectivity index (χ1n) is 3.41. The van der Waals surface area contributed by atoms with Gasteiger partial charge < -0.3 is 4.80 Å². The molecule has 1 nitrogen and oxygen atoms in total. The number of rotatable bonds is 1. The van der Waals surface area contributed by atoms with Crippen molar-refractivity contribution in [2.45, 2.75) is 13.8 Å². The van der Waals surface area contributed by atoms with Crippen molar-refractivity contribution in [1.29, 1.82) is 0 Å². The molecule has 0 unspecified atom stereocenters. The fourth-order valence-corrected chi connectivity index (χ4v) is 1.74. The van der Waals surface area contributed by atoms with Crippen LogP contribution in [0.5, 0.6) is 0 Å². The van der Waals surface area contributed by atoms with Gasteiger partial charge in [-0.25, -0.2) is 0 Å². The van der Waals surface area contributed by atoms with Gasteiger partial charge in [-0.1, -0.05) is 18.2 Å². The van der Waals surface area contributed by atoms with E-state index >= 15 is 0 Å². The van der Waals surface area contributed by atoms with E-state index in [2.05, 4.69) is 19.9 Å². The summed E-state index contributed by atoms with van der Waals surface area (Å²) in [6.45, 7) is 4.14. The topological polar surface area (TPSA) is 20.2 Å². The number of benzene rings is 1. The number of aryl methyl sites for hydroxylation is 1. The Hall–Kier alpha value is -0.603. The van der Waals surface area contributed by atoms with Crippen molar-refractivity contribution in [2.75, 3.05) is 0 Å². The van der Waals surface area contributed by atoms with Crippen LogP contribution in [0.3, 0.4) is 0 Å². The predicted octanol–water partition coefficient (Wildman–Crippen LogP) is 0.00484. The summed E-state index contributed by atoms with van der Waals surface area (Å²) in [5.41, 5.74) is 2.54. The van der Waals surface area contributed by atoms with Crippen LogP contribution in [0, 0.1) is 13.8 Å². The Morgan fingerprint density at radius 2 is 2.00 bits per heavy atom. The molecule has 0 amide bonds. The van der Waals surface area contributed by atoms with Crippen molar-refractivity contribution >= 4 is 14.9 Å². The summed E-state index contributed by atoms with van der Waals surface area (Å²) in [6, 6.07) is 6.08. The van der Waals surface area contributed by atoms with Gasteiger partial charge in [0.2, 0.25) is 0 Å². The van der Waals surface area contributed by atoms with E-state index in [-0.39, 0.29) is 0 Å². The predicted molar refractivity (Wildman–Crippen MR) is 46.3 cm³/mol. The molecule has 0 atom stereocenters. The molecule has 1 N–H and O–H groups in total. The van der Waals surface area contributed by atoms with Crippen LogP contribution in [0.25, 0.3) is 0 Å². The molecule has 0 saturated carbocycles. The lowest BCUT2D eigenvalue weighted by Crippen LogP contribution is -2.17. The van der Waals surface area contributed by atoms with Gasteiger partial charge in [-0.2, -0.15) is 0 Å². The van der Waals surface area contributed by atoms with E-state index < -0.39 is 9.76 Å². The molecule has 0 saturated heterocycles. The third-order valence-corrected chi connectivity index (χ3v) is 2.99. The van der Waals surface area contributed by atoms with Crippen LogP contribution in [0.4, 0.5) is 0 Å². The van der Waals surface area contributed by atoms with Crippen LogP contribution in [-0.4, -0.2) is 14.6 Å². The van der Waals surface area contributed by atoms with Gasteiger partial charge in [0.15, 0.2) is 9.76 Å². The molecule has 0 radical (unpaired) electrons. The average Bonchev–Trinajstić information content (AvgIpc) is 1.95. The lowest BCUT2D eigenvalue weighted by molar-refractivity contribution is 0.615. The highest BCUT2D eigenvalue weighted by atomic mass is 28.2. The Kier molecular flexibility index (Phi) is 2.24. The van der Waals surface area contributed by atoms with Crippen LogP contribution >= 0.6 is 0 Å². The second-order valence-corrected chi connectivity index (χ2v) is 3.60. The summed E-state index contributed by atoms with van der Waals surface area (Å²) in [7, 11) is -0.959. The van der Waals surface area contributed by atoms with E-state index in [1.807, 2.05) is 12.1 Å². The lowest BCUT2D eigenvalue weighted by atomic mass is 10.1. The standard InChI is InChI=1S/C8H12OSi/c1-6-4-3-5-8(10-9)7(6)2/h3-5,9H,10H2,1-2H3. The molecule has 2 heteroatoms. The molecule has 0 aliphatic carbocycles. The summed E-state index contributed by atoms with van der Waals surface area (Å²) in [4.78, 5) is 8.98. The molecule has 0 aliphatic rings. The van der Waals surface area contributed by atoms with Gasteiger partial charge in [0.05, 0.1) is 0 Å². The quantitative estimate of drug-likeness (QED) is 0.562. The molecule has 1 aromatic carbocycles. The van der Waals surface area contributed by atoms with E-state index in [1.54, 1.807) is 0 Å². The summed E-state index contributed by atoms with van der Waals surface area (Å²) in [5.74, 6) is 0. The summed E-state index contributed by atoms with van der Waals surface area (Å²) in [5, 5.41) is 1.17. The van der Waals surface area contributed by atoms with E-state index in [4.69, 9.17) is 4.80 Å². The Balaban J connectivity index is 3.14. The number of hydrogen-bond acceptors (Lipinski definition) is 1. The molecule has 0 spiro atoms. The zero-order chi connectivity index (χ0) is 7.56. The average molecular weight is 152 g/mol. The van der Waals surface area contributed by atoms with Gasteiger partial charge in [0.25, 0.3) is 0 Å². The van der Waals surface area contributed by atoms with Crippen LogP contribution < -0.4 is 5.19 Å². The first-order chi connectivity index (χ1) is 4.75. The Bertz CT molecular complexity index is 233. The molecular formula is C8H12OSi. The normalized spacial score (nSPS) is 11.1. The molecule has 0 fully saturated rings. The van der Waals surface area contributed by atoms with Crippen molar-refractivity contribution in [3.8, 4) is 0 Å². The summed E-state index contributed by atoms with van der Waals surface area (Å²) < 4.78 is 0. The van der Waals surface area contributed by atoms with Gasteiger partial charge in [-0.15, -0.1) is 0 Å². The second kappa shape index (κ2) is 2.99. The zero-order valence-corrected chi connectivity index (χ0v) is 7.80. The smallest absolute Gasteiger partial charge is 0.188 e. The van der Waals surface area contributed by atoms with Crippen molar-refractivity contribution in [1.82, 2.24) is 0 Å². The molecule has 1 rings (SSSR count). The molecule has 0 heterocycles. The first-order valence-corrected chi connectivity index (χ1v) is 4.75. The minimum absolute atomic E-state index is 0.959. The van der Waals surface area contributed by atoms with Crippen LogP contribution in [0.2, 0.25) is 0 Å². The van der Waals surface area contributed by atoms with Crippen LogP contribution in [-0.2, 0) is 0 Å². The van der Waals surface area contributed by atoms with E-state index in [0.717, 1.165) is 0 Å². The van der Waals surface area contributed by atoms with Crippen LogP contribution in [0.1, 0.15) is 11.1 Å². The molecule has 1 aromatic rings. The van der Waals surface area contributed by atoms with E-state index in [0.29, 0.717) is 0 Å². The maximum Gasteiger partial charge on any atom is 0.188 e. The first kappa shape index (κ1) is 7.50. The Labute approximate surface area is 63.7 Å². The maximum absolute atomic E-state index is 8.98. The lowest BCUT2D eigenvalue weighted by Gasteiger charge is -2.03. The van der Waals surface area contributed by atoms with Crippen LogP contribution in [0.15, 0.2) is 18.2 Å². The van der Waals surface area contributed by atoms with Gasteiger partial charge >= 0.3 is 0 Å². The molecule has 0 aromatic heterocycles. The van der Waals surface area contributed by atoms with Crippen molar-refractivity contribution in [2.24, 2.45) is 0 Å².